The van der Waals surface area contributed by atoms with Crippen molar-refractivity contribution in [1.82, 2.24) is 0 Å². The summed E-state index contributed by atoms with van der Waals surface area (Å²) in [6.45, 7) is 8.40. The highest BCUT2D eigenvalue weighted by Crippen LogP contribution is 2.42. The minimum absolute atomic E-state index is 0.0108. The third kappa shape index (κ3) is 3.55. The van der Waals surface area contributed by atoms with Gasteiger partial charge in [-0.05, 0) is 24.7 Å². The van der Waals surface area contributed by atoms with Crippen LogP contribution in [0.5, 0.6) is 0 Å². The van der Waals surface area contributed by atoms with Gasteiger partial charge in [0.15, 0.2) is 0 Å². The number of nitrogens with zero attached hydrogens (tertiary/aromatic N) is 1. The van der Waals surface area contributed by atoms with Crippen LogP contribution in [-0.4, -0.2) is 35.2 Å². The van der Waals surface area contributed by atoms with Gasteiger partial charge < -0.3 is 9.47 Å². The van der Waals surface area contributed by atoms with E-state index in [2.05, 4.69) is 20.8 Å². The third-order valence-corrected chi connectivity index (χ3v) is 5.49. The topological polar surface area (TPSA) is 47.9 Å². The molecule has 0 amide bonds. The van der Waals surface area contributed by atoms with E-state index in [4.69, 9.17) is 14.5 Å². The van der Waals surface area contributed by atoms with E-state index >= 15 is 0 Å². The quantitative estimate of drug-likeness (QED) is 0.731. The van der Waals surface area contributed by atoms with Crippen LogP contribution in [0.25, 0.3) is 0 Å². The molecule has 2 rings (SSSR count). The largest absolute Gasteiger partial charge is 0.463 e. The molecule has 2 heterocycles. The van der Waals surface area contributed by atoms with E-state index < -0.39 is 0 Å². The van der Waals surface area contributed by atoms with Gasteiger partial charge in [0.05, 0.1) is 17.2 Å². The molecule has 4 nitrogen and oxygen atoms in total. The first-order valence-electron chi connectivity index (χ1n) is 7.55. The third-order valence-electron chi connectivity index (χ3n) is 4.28. The maximum absolute atomic E-state index is 11.0. The second kappa shape index (κ2) is 6.94. The molecule has 0 spiro atoms. The first-order valence-corrected chi connectivity index (χ1v) is 8.43. The fourth-order valence-corrected chi connectivity index (χ4v) is 4.08. The summed E-state index contributed by atoms with van der Waals surface area (Å²) in [5.74, 6) is 0.570. The second-order valence-electron chi connectivity index (χ2n) is 5.80. The Labute approximate surface area is 125 Å². The number of hydrogen-bond acceptors (Lipinski definition) is 5. The molecule has 0 unspecified atom stereocenters. The van der Waals surface area contributed by atoms with E-state index in [1.807, 2.05) is 0 Å². The summed E-state index contributed by atoms with van der Waals surface area (Å²) < 4.78 is 11.3. The first-order chi connectivity index (χ1) is 9.52. The zero-order valence-electron chi connectivity index (χ0n) is 12.8. The Hall–Kier alpha value is -0.550. The molecule has 2 aliphatic rings. The Morgan fingerprint density at radius 2 is 2.15 bits per heavy atom. The molecule has 20 heavy (non-hydrogen) atoms. The summed E-state index contributed by atoms with van der Waals surface area (Å²) in [7, 11) is 0. The molecule has 1 fully saturated rings. The second-order valence-corrected chi connectivity index (χ2v) is 6.97. The predicted molar refractivity (Wildman–Crippen MR) is 82.0 cm³/mol. The molecule has 0 radical (unpaired) electrons. The lowest BCUT2D eigenvalue weighted by atomic mass is 9.83. The number of unbranched alkanes of at least 4 members (excludes halogenated alkanes) is 1. The lowest BCUT2D eigenvalue weighted by Gasteiger charge is -2.40. The van der Waals surface area contributed by atoms with Gasteiger partial charge in [-0.15, -0.1) is 0 Å². The number of hydrogen-bond donors (Lipinski definition) is 0. The Kier molecular flexibility index (Phi) is 5.49. The van der Waals surface area contributed by atoms with Crippen molar-refractivity contribution >= 4 is 22.8 Å². The van der Waals surface area contributed by atoms with E-state index in [0.29, 0.717) is 18.4 Å². The molecule has 0 bridgehead atoms. The Morgan fingerprint density at radius 1 is 1.40 bits per heavy atom. The van der Waals surface area contributed by atoms with Crippen molar-refractivity contribution in [2.45, 2.75) is 64.5 Å². The number of carbonyl (C=O) groups is 1. The molecule has 5 heteroatoms. The van der Waals surface area contributed by atoms with Crippen molar-refractivity contribution in [2.75, 3.05) is 6.61 Å². The average molecular weight is 299 g/mol. The van der Waals surface area contributed by atoms with E-state index in [-0.39, 0.29) is 23.6 Å². The Morgan fingerprint density at radius 3 is 2.80 bits per heavy atom. The van der Waals surface area contributed by atoms with Crippen LogP contribution in [0.15, 0.2) is 4.99 Å². The summed E-state index contributed by atoms with van der Waals surface area (Å²) in [5.41, 5.74) is 0.105. The Balaban J connectivity index is 1.96. The molecular weight excluding hydrogens is 274 g/mol. The minimum atomic E-state index is -0.241. The number of thioether (sulfide) groups is 1. The van der Waals surface area contributed by atoms with Crippen molar-refractivity contribution in [3.8, 4) is 0 Å². The number of aliphatic imine (C=N–C) groups is 1. The van der Waals surface area contributed by atoms with Gasteiger partial charge in [-0.1, -0.05) is 39.0 Å². The number of fused-ring (bicyclic) bond motifs is 1. The molecule has 0 aromatic heterocycles. The van der Waals surface area contributed by atoms with Crippen molar-refractivity contribution in [3.63, 3.8) is 0 Å². The molecule has 0 N–H and O–H groups in total. The van der Waals surface area contributed by atoms with Crippen LogP contribution in [0, 0.1) is 11.8 Å². The van der Waals surface area contributed by atoms with Gasteiger partial charge in [0.1, 0.15) is 12.0 Å². The summed E-state index contributed by atoms with van der Waals surface area (Å²) in [6.07, 6.45) is 3.43. The van der Waals surface area contributed by atoms with E-state index in [9.17, 15) is 4.79 Å². The molecule has 5 atom stereocenters. The maximum atomic E-state index is 11.0. The normalized spacial score (nSPS) is 36.4. The van der Waals surface area contributed by atoms with E-state index in [0.717, 1.165) is 6.42 Å². The lowest BCUT2D eigenvalue weighted by Crippen LogP contribution is -2.47. The van der Waals surface area contributed by atoms with Gasteiger partial charge in [-0.25, -0.2) is 0 Å². The zero-order chi connectivity index (χ0) is 14.7. The summed E-state index contributed by atoms with van der Waals surface area (Å²) in [4.78, 5) is 15.8. The molecule has 114 valence electrons. The monoisotopic (exact) mass is 299 g/mol. The summed E-state index contributed by atoms with van der Waals surface area (Å²) in [6, 6.07) is 0.260. The maximum Gasteiger partial charge on any atom is 0.302 e. The molecule has 0 aromatic carbocycles. The van der Waals surface area contributed by atoms with Crippen molar-refractivity contribution < 1.29 is 14.3 Å². The molecule has 2 aliphatic heterocycles. The van der Waals surface area contributed by atoms with Crippen LogP contribution in [0.4, 0.5) is 0 Å². The highest BCUT2D eigenvalue weighted by molar-refractivity contribution is 8.14. The number of ether oxygens (including phenoxy) is 2. The molecule has 0 aromatic rings. The average Bonchev–Trinajstić information content (AvgIpc) is 2.82. The molecular formula is C15H25NO3S. The van der Waals surface area contributed by atoms with Crippen molar-refractivity contribution in [3.05, 3.63) is 0 Å². The van der Waals surface area contributed by atoms with Gasteiger partial charge in [0.25, 0.3) is 0 Å². The van der Waals surface area contributed by atoms with Gasteiger partial charge >= 0.3 is 5.97 Å². The molecule has 0 saturated carbocycles. The number of rotatable bonds is 5. The number of esters is 1. The van der Waals surface area contributed by atoms with Crippen LogP contribution in [0.1, 0.15) is 47.0 Å². The van der Waals surface area contributed by atoms with Gasteiger partial charge in [-0.2, -0.15) is 0 Å². The summed E-state index contributed by atoms with van der Waals surface area (Å²) >= 11 is 1.77. The zero-order valence-corrected chi connectivity index (χ0v) is 13.6. The van der Waals surface area contributed by atoms with Crippen LogP contribution >= 0.6 is 11.8 Å². The van der Waals surface area contributed by atoms with Gasteiger partial charge in [0, 0.05) is 6.92 Å². The van der Waals surface area contributed by atoms with Crippen molar-refractivity contribution in [2.24, 2.45) is 16.8 Å². The fourth-order valence-electron chi connectivity index (χ4n) is 2.72. The Bertz CT molecular complexity index is 385. The van der Waals surface area contributed by atoms with Gasteiger partial charge in [0.2, 0.25) is 0 Å². The standard InChI is InChI=1S/C15H25NO3S/c1-5-6-7-13-16-14-10(3)9(2)12(8-18-11(4)17)19-15(14)20-13/h9-10,12,14-15H,5-8H2,1-4H3/t9-,10-,12+,14+,15+/m0/s1. The van der Waals surface area contributed by atoms with Crippen LogP contribution in [0.3, 0.4) is 0 Å². The lowest BCUT2D eigenvalue weighted by molar-refractivity contribution is -0.152. The molecule has 1 saturated heterocycles. The van der Waals surface area contributed by atoms with Crippen LogP contribution < -0.4 is 0 Å². The predicted octanol–water partition coefficient (Wildman–Crippen LogP) is 3.25. The van der Waals surface area contributed by atoms with Gasteiger partial charge in [-0.3, -0.25) is 9.79 Å². The highest BCUT2D eigenvalue weighted by Gasteiger charge is 2.45. The van der Waals surface area contributed by atoms with E-state index in [1.54, 1.807) is 11.8 Å². The highest BCUT2D eigenvalue weighted by atomic mass is 32.2. The summed E-state index contributed by atoms with van der Waals surface area (Å²) in [5, 5.41) is 1.23. The molecule has 0 aliphatic carbocycles. The SMILES string of the molecule is CCCCC1=N[C@@H]2[C@@H](C)[C@H](C)[C@@H](COC(C)=O)O[C@@H]2S1. The van der Waals surface area contributed by atoms with E-state index in [1.165, 1.54) is 24.8 Å². The van der Waals surface area contributed by atoms with Crippen LogP contribution in [0.2, 0.25) is 0 Å². The fraction of sp³-hybridized carbons (Fsp3) is 0.867. The minimum Gasteiger partial charge on any atom is -0.463 e. The smallest absolute Gasteiger partial charge is 0.302 e. The van der Waals surface area contributed by atoms with Crippen LogP contribution in [-0.2, 0) is 14.3 Å². The number of carbonyl (C=O) groups excluding carboxylic acids is 1. The van der Waals surface area contributed by atoms with Crippen molar-refractivity contribution in [1.29, 1.82) is 0 Å². The first kappa shape index (κ1) is 15.8.